The van der Waals surface area contributed by atoms with Crippen LogP contribution in [0, 0.1) is 0 Å². The molecule has 3 aromatic rings. The normalized spacial score (nSPS) is 11.6. The first-order valence-electron chi connectivity index (χ1n) is 8.01. The smallest absolute Gasteiger partial charge is 0.416 e. The van der Waals surface area contributed by atoms with Gasteiger partial charge in [0.25, 0.3) is 0 Å². The standard InChI is InChI=1S/C18H17F3N2O2S2/c1-24-5-6-25-16-3-2-13(18(19,20)21)8-15(16)22-9-14-11-27-17(23-14)12-4-7-26-10-12/h2-4,7-8,10-11,22H,5-6,9H2,1H3. The van der Waals surface area contributed by atoms with Gasteiger partial charge in [0, 0.05) is 23.4 Å². The Bertz CT molecular complexity index is 864. The van der Waals surface area contributed by atoms with Crippen LogP contribution in [0.1, 0.15) is 11.3 Å². The minimum atomic E-state index is -4.42. The predicted octanol–water partition coefficient (Wildman–Crippen LogP) is 5.53. The van der Waals surface area contributed by atoms with Crippen molar-refractivity contribution in [2.45, 2.75) is 12.7 Å². The lowest BCUT2D eigenvalue weighted by Gasteiger charge is -2.15. The van der Waals surface area contributed by atoms with Crippen LogP contribution >= 0.6 is 22.7 Å². The fraction of sp³-hybridized carbons (Fsp3) is 0.278. The molecule has 0 amide bonds. The van der Waals surface area contributed by atoms with Gasteiger partial charge in [-0.15, -0.1) is 11.3 Å². The van der Waals surface area contributed by atoms with Crippen molar-refractivity contribution in [2.24, 2.45) is 0 Å². The quantitative estimate of drug-likeness (QED) is 0.493. The number of methoxy groups -OCH3 is 1. The molecule has 0 saturated heterocycles. The molecule has 0 spiro atoms. The van der Waals surface area contributed by atoms with Crippen molar-refractivity contribution >= 4 is 28.4 Å². The van der Waals surface area contributed by atoms with Crippen molar-refractivity contribution in [3.05, 3.63) is 51.7 Å². The molecule has 0 bridgehead atoms. The van der Waals surface area contributed by atoms with E-state index in [0.717, 1.165) is 28.4 Å². The minimum Gasteiger partial charge on any atom is -0.489 e. The summed E-state index contributed by atoms with van der Waals surface area (Å²) in [4.78, 5) is 4.52. The Balaban J connectivity index is 1.75. The molecule has 2 aromatic heterocycles. The molecular weight excluding hydrogens is 397 g/mol. The number of nitrogens with one attached hydrogen (secondary N) is 1. The lowest BCUT2D eigenvalue weighted by molar-refractivity contribution is -0.137. The molecule has 0 unspecified atom stereocenters. The number of thiazole rings is 1. The molecule has 9 heteroatoms. The number of nitrogens with zero attached hydrogens (tertiary/aromatic N) is 1. The number of alkyl halides is 3. The van der Waals surface area contributed by atoms with E-state index >= 15 is 0 Å². The third-order valence-corrected chi connectivity index (χ3v) is 5.26. The lowest BCUT2D eigenvalue weighted by atomic mass is 10.1. The van der Waals surface area contributed by atoms with Crippen LogP contribution in [0.15, 0.2) is 40.4 Å². The van der Waals surface area contributed by atoms with Crippen LogP contribution in [-0.2, 0) is 17.5 Å². The molecule has 0 aliphatic carbocycles. The Hall–Kier alpha value is -2.10. The van der Waals surface area contributed by atoms with E-state index in [-0.39, 0.29) is 12.3 Å². The first-order chi connectivity index (χ1) is 13.0. The van der Waals surface area contributed by atoms with Gasteiger partial charge in [-0.1, -0.05) is 0 Å². The predicted molar refractivity (Wildman–Crippen MR) is 102 cm³/mol. The number of halogens is 3. The van der Waals surface area contributed by atoms with E-state index in [2.05, 4.69) is 10.3 Å². The summed E-state index contributed by atoms with van der Waals surface area (Å²) in [5.41, 5.74) is 1.33. The summed E-state index contributed by atoms with van der Waals surface area (Å²) < 4.78 is 49.5. The fourth-order valence-corrected chi connectivity index (χ4v) is 3.83. The number of anilines is 1. The van der Waals surface area contributed by atoms with Gasteiger partial charge in [0.05, 0.1) is 30.1 Å². The van der Waals surface area contributed by atoms with Crippen molar-refractivity contribution in [1.82, 2.24) is 4.98 Å². The van der Waals surface area contributed by atoms with Gasteiger partial charge < -0.3 is 14.8 Å². The van der Waals surface area contributed by atoms with Crippen LogP contribution in [0.2, 0.25) is 0 Å². The average Bonchev–Trinajstić information content (AvgIpc) is 3.31. The number of rotatable bonds is 8. The highest BCUT2D eigenvalue weighted by molar-refractivity contribution is 7.14. The minimum absolute atomic E-state index is 0.246. The van der Waals surface area contributed by atoms with E-state index in [4.69, 9.17) is 9.47 Å². The Morgan fingerprint density at radius 1 is 1.15 bits per heavy atom. The number of aromatic nitrogens is 1. The molecule has 0 atom stereocenters. The average molecular weight is 414 g/mol. The van der Waals surface area contributed by atoms with Crippen molar-refractivity contribution in [3.8, 4) is 16.3 Å². The van der Waals surface area contributed by atoms with Crippen LogP contribution in [0.25, 0.3) is 10.6 Å². The van der Waals surface area contributed by atoms with E-state index in [1.165, 1.54) is 24.5 Å². The third-order valence-electron chi connectivity index (χ3n) is 3.63. The van der Waals surface area contributed by atoms with Crippen LogP contribution in [-0.4, -0.2) is 25.3 Å². The lowest BCUT2D eigenvalue weighted by Crippen LogP contribution is -2.10. The summed E-state index contributed by atoms with van der Waals surface area (Å²) in [6, 6.07) is 5.35. The number of benzene rings is 1. The second kappa shape index (κ2) is 8.73. The van der Waals surface area contributed by atoms with E-state index in [1.54, 1.807) is 11.3 Å². The maximum Gasteiger partial charge on any atom is 0.416 e. The molecule has 0 fully saturated rings. The summed E-state index contributed by atoms with van der Waals surface area (Å²) in [5, 5.41) is 9.76. The topological polar surface area (TPSA) is 43.4 Å². The first kappa shape index (κ1) is 19.7. The van der Waals surface area contributed by atoms with Gasteiger partial charge in [0.2, 0.25) is 0 Å². The highest BCUT2D eigenvalue weighted by atomic mass is 32.1. The zero-order valence-electron chi connectivity index (χ0n) is 14.4. The van der Waals surface area contributed by atoms with Gasteiger partial charge in [0.1, 0.15) is 17.4 Å². The Morgan fingerprint density at radius 2 is 2.00 bits per heavy atom. The largest absolute Gasteiger partial charge is 0.489 e. The van der Waals surface area contributed by atoms with Crippen molar-refractivity contribution in [3.63, 3.8) is 0 Å². The molecule has 1 N–H and O–H groups in total. The molecular formula is C18H17F3N2O2S2. The zero-order valence-corrected chi connectivity index (χ0v) is 16.0. The second-order valence-electron chi connectivity index (χ2n) is 5.56. The number of ether oxygens (including phenoxy) is 2. The number of hydrogen-bond donors (Lipinski definition) is 1. The monoisotopic (exact) mass is 414 g/mol. The number of thiophene rings is 1. The second-order valence-corrected chi connectivity index (χ2v) is 7.20. The molecule has 27 heavy (non-hydrogen) atoms. The summed E-state index contributed by atoms with van der Waals surface area (Å²) in [6.45, 7) is 0.884. The summed E-state index contributed by atoms with van der Waals surface area (Å²) >= 11 is 3.09. The summed E-state index contributed by atoms with van der Waals surface area (Å²) in [6.07, 6.45) is -4.42. The molecule has 144 valence electrons. The summed E-state index contributed by atoms with van der Waals surface area (Å²) in [5.74, 6) is 0.341. The fourth-order valence-electron chi connectivity index (χ4n) is 2.30. The van der Waals surface area contributed by atoms with Gasteiger partial charge in [-0.2, -0.15) is 24.5 Å². The van der Waals surface area contributed by atoms with Gasteiger partial charge in [-0.25, -0.2) is 4.98 Å². The molecule has 2 heterocycles. The summed E-state index contributed by atoms with van der Waals surface area (Å²) in [7, 11) is 1.53. The van der Waals surface area contributed by atoms with Crippen molar-refractivity contribution in [2.75, 3.05) is 25.6 Å². The molecule has 1 aromatic carbocycles. The van der Waals surface area contributed by atoms with Gasteiger partial charge >= 0.3 is 6.18 Å². The van der Waals surface area contributed by atoms with Gasteiger partial charge in [-0.05, 0) is 29.6 Å². The highest BCUT2D eigenvalue weighted by Gasteiger charge is 2.31. The Labute approximate surface area is 162 Å². The third kappa shape index (κ3) is 5.21. The van der Waals surface area contributed by atoms with Crippen LogP contribution in [0.4, 0.5) is 18.9 Å². The molecule has 4 nitrogen and oxygen atoms in total. The molecule has 0 saturated carbocycles. The van der Waals surface area contributed by atoms with Crippen molar-refractivity contribution in [1.29, 1.82) is 0 Å². The van der Waals surface area contributed by atoms with Crippen LogP contribution in [0.5, 0.6) is 5.75 Å². The SMILES string of the molecule is COCCOc1ccc(C(F)(F)F)cc1NCc1csc(-c2ccsc2)n1. The van der Waals surface area contributed by atoms with E-state index in [0.29, 0.717) is 18.9 Å². The van der Waals surface area contributed by atoms with Crippen LogP contribution < -0.4 is 10.1 Å². The van der Waals surface area contributed by atoms with E-state index in [9.17, 15) is 13.2 Å². The highest BCUT2D eigenvalue weighted by Crippen LogP contribution is 2.35. The van der Waals surface area contributed by atoms with E-state index < -0.39 is 11.7 Å². The van der Waals surface area contributed by atoms with Crippen LogP contribution in [0.3, 0.4) is 0 Å². The molecule has 0 radical (unpaired) electrons. The Morgan fingerprint density at radius 3 is 2.70 bits per heavy atom. The van der Waals surface area contributed by atoms with Gasteiger partial charge in [-0.3, -0.25) is 0 Å². The molecule has 0 aliphatic rings. The van der Waals surface area contributed by atoms with E-state index in [1.807, 2.05) is 22.2 Å². The molecule has 0 aliphatic heterocycles. The maximum atomic E-state index is 13.0. The zero-order chi connectivity index (χ0) is 19.3. The maximum absolute atomic E-state index is 13.0. The Kier molecular flexibility index (Phi) is 6.35. The number of hydrogen-bond acceptors (Lipinski definition) is 6. The van der Waals surface area contributed by atoms with Gasteiger partial charge in [0.15, 0.2) is 0 Å². The first-order valence-corrected chi connectivity index (χ1v) is 9.83. The molecule has 3 rings (SSSR count). The van der Waals surface area contributed by atoms with Crippen molar-refractivity contribution < 1.29 is 22.6 Å².